The molecule has 0 aliphatic carbocycles. The van der Waals surface area contributed by atoms with Crippen molar-refractivity contribution in [2.45, 2.75) is 193 Å². The lowest BCUT2D eigenvalue weighted by molar-refractivity contribution is -0.161. The molecule has 9 nitrogen and oxygen atoms in total. The van der Waals surface area contributed by atoms with Gasteiger partial charge in [0.1, 0.15) is 6.61 Å². The summed E-state index contributed by atoms with van der Waals surface area (Å²) >= 11 is 0. The Bertz CT molecular complexity index is 739. The topological polar surface area (TPSA) is 134 Å². The smallest absolute Gasteiger partial charge is 0.462 e. The number of ether oxygens (including phenoxy) is 2. The Hall–Kier alpha value is -0.990. The Balaban J connectivity index is 3.69. The van der Waals surface area contributed by atoms with Gasteiger partial charge in [-0.3, -0.25) is 18.6 Å². The highest BCUT2D eigenvalue weighted by molar-refractivity contribution is 7.47. The zero-order valence-corrected chi connectivity index (χ0v) is 30.7. The fourth-order valence-corrected chi connectivity index (χ4v) is 6.20. The van der Waals surface area contributed by atoms with E-state index in [1.165, 1.54) is 135 Å². The predicted octanol–water partition coefficient (Wildman–Crippen LogP) is 10.1. The molecule has 0 bridgehead atoms. The van der Waals surface area contributed by atoms with Crippen LogP contribution in [0, 0.1) is 0 Å². The van der Waals surface area contributed by atoms with Crippen LogP contribution in [0.1, 0.15) is 187 Å². The maximum atomic E-state index is 12.3. The molecule has 0 aliphatic heterocycles. The number of hydrogen-bond acceptors (Lipinski definition) is 8. The number of phosphoric acid groups is 1. The SMILES string of the molecule is CCCCCCCCCCCCCCCCCCCCCCCCCCC(=O)OC(COC(=O)CCC)COP(=O)(O)OCCN. The Kier molecular flexibility index (Phi) is 33.2. The molecule has 46 heavy (non-hydrogen) atoms. The molecule has 0 heterocycles. The Morgan fingerprint density at radius 1 is 0.565 bits per heavy atom. The van der Waals surface area contributed by atoms with Crippen LogP contribution in [-0.2, 0) is 32.7 Å². The predicted molar refractivity (Wildman–Crippen MR) is 188 cm³/mol. The third-order valence-electron chi connectivity index (χ3n) is 8.21. The molecule has 10 heteroatoms. The van der Waals surface area contributed by atoms with Gasteiger partial charge in [-0.25, -0.2) is 4.57 Å². The third kappa shape index (κ3) is 32.9. The van der Waals surface area contributed by atoms with Crippen LogP contribution in [0.25, 0.3) is 0 Å². The summed E-state index contributed by atoms with van der Waals surface area (Å²) in [4.78, 5) is 33.8. The van der Waals surface area contributed by atoms with Crippen LogP contribution < -0.4 is 5.73 Å². The van der Waals surface area contributed by atoms with Crippen LogP contribution in [0.15, 0.2) is 0 Å². The Labute approximate surface area is 282 Å². The molecule has 274 valence electrons. The van der Waals surface area contributed by atoms with E-state index >= 15 is 0 Å². The Morgan fingerprint density at radius 2 is 0.978 bits per heavy atom. The van der Waals surface area contributed by atoms with Crippen molar-refractivity contribution in [1.29, 1.82) is 0 Å². The molecule has 3 N–H and O–H groups in total. The monoisotopic (exact) mass is 677 g/mol. The molecule has 0 fully saturated rings. The van der Waals surface area contributed by atoms with Crippen molar-refractivity contribution in [3.8, 4) is 0 Å². The fraction of sp³-hybridized carbons (Fsp3) is 0.944. The van der Waals surface area contributed by atoms with E-state index in [1.54, 1.807) is 0 Å². The molecule has 0 aliphatic rings. The molecule has 0 aromatic rings. The van der Waals surface area contributed by atoms with E-state index in [0.717, 1.165) is 12.8 Å². The highest BCUT2D eigenvalue weighted by Crippen LogP contribution is 2.43. The van der Waals surface area contributed by atoms with Crippen LogP contribution in [0.2, 0.25) is 0 Å². The highest BCUT2D eigenvalue weighted by Gasteiger charge is 2.25. The molecule has 0 aromatic carbocycles. The molecule has 0 radical (unpaired) electrons. The zero-order valence-electron chi connectivity index (χ0n) is 29.8. The molecule has 0 aromatic heterocycles. The Morgan fingerprint density at radius 3 is 1.37 bits per heavy atom. The number of unbranched alkanes of at least 4 members (excludes halogenated alkanes) is 23. The van der Waals surface area contributed by atoms with Gasteiger partial charge in [-0.15, -0.1) is 0 Å². The average Bonchev–Trinajstić information content (AvgIpc) is 3.03. The first-order valence-corrected chi connectivity index (χ1v) is 20.5. The third-order valence-corrected chi connectivity index (χ3v) is 9.20. The minimum Gasteiger partial charge on any atom is -0.462 e. The average molecular weight is 678 g/mol. The summed E-state index contributed by atoms with van der Waals surface area (Å²) in [5.41, 5.74) is 5.28. The number of esters is 2. The fourth-order valence-electron chi connectivity index (χ4n) is 5.44. The van der Waals surface area contributed by atoms with E-state index in [4.69, 9.17) is 24.3 Å². The van der Waals surface area contributed by atoms with Crippen LogP contribution in [-0.4, -0.2) is 49.3 Å². The van der Waals surface area contributed by atoms with E-state index in [2.05, 4.69) is 6.92 Å². The zero-order chi connectivity index (χ0) is 34.0. The molecule has 0 amide bonds. The van der Waals surface area contributed by atoms with Gasteiger partial charge in [-0.2, -0.15) is 0 Å². The second-order valence-corrected chi connectivity index (χ2v) is 14.3. The van der Waals surface area contributed by atoms with E-state index < -0.39 is 32.5 Å². The number of phosphoric ester groups is 1. The number of carbonyl (C=O) groups is 2. The minimum absolute atomic E-state index is 0.0561. The number of nitrogens with two attached hydrogens (primary N) is 1. The summed E-state index contributed by atoms with van der Waals surface area (Å²) in [5, 5.41) is 0. The van der Waals surface area contributed by atoms with E-state index in [-0.39, 0.29) is 32.6 Å². The molecule has 0 spiro atoms. The highest BCUT2D eigenvalue weighted by atomic mass is 31.2. The summed E-state index contributed by atoms with van der Waals surface area (Å²) in [7, 11) is -4.34. The van der Waals surface area contributed by atoms with Gasteiger partial charge in [-0.1, -0.05) is 162 Å². The first-order chi connectivity index (χ1) is 22.3. The normalized spacial score (nSPS) is 13.4. The van der Waals surface area contributed by atoms with Crippen molar-refractivity contribution < 1.29 is 37.6 Å². The number of hydrogen-bond donors (Lipinski definition) is 2. The summed E-state index contributed by atoms with van der Waals surface area (Å²) in [6, 6.07) is 0. The van der Waals surface area contributed by atoms with Gasteiger partial charge in [0.25, 0.3) is 0 Å². The van der Waals surface area contributed by atoms with Crippen molar-refractivity contribution in [3.63, 3.8) is 0 Å². The van der Waals surface area contributed by atoms with Gasteiger partial charge >= 0.3 is 19.8 Å². The van der Waals surface area contributed by atoms with Gasteiger partial charge in [0.05, 0.1) is 13.2 Å². The van der Waals surface area contributed by atoms with Crippen LogP contribution in [0.5, 0.6) is 0 Å². The molecule has 0 rings (SSSR count). The lowest BCUT2D eigenvalue weighted by Crippen LogP contribution is -2.29. The van der Waals surface area contributed by atoms with Gasteiger partial charge in [0.15, 0.2) is 6.10 Å². The second-order valence-electron chi connectivity index (χ2n) is 12.8. The van der Waals surface area contributed by atoms with Crippen molar-refractivity contribution in [1.82, 2.24) is 0 Å². The van der Waals surface area contributed by atoms with Gasteiger partial charge in [-0.05, 0) is 12.8 Å². The van der Waals surface area contributed by atoms with Crippen molar-refractivity contribution in [3.05, 3.63) is 0 Å². The first kappa shape index (κ1) is 45.0. The van der Waals surface area contributed by atoms with Crippen molar-refractivity contribution >= 4 is 19.8 Å². The first-order valence-electron chi connectivity index (χ1n) is 19.0. The van der Waals surface area contributed by atoms with E-state index in [0.29, 0.717) is 12.8 Å². The second kappa shape index (κ2) is 33.9. The molecule has 0 saturated carbocycles. The van der Waals surface area contributed by atoms with Gasteiger partial charge in [0, 0.05) is 19.4 Å². The summed E-state index contributed by atoms with van der Waals surface area (Å²) in [6.45, 7) is 3.36. The lowest BCUT2D eigenvalue weighted by atomic mass is 10.0. The maximum Gasteiger partial charge on any atom is 0.472 e. The van der Waals surface area contributed by atoms with Crippen LogP contribution >= 0.6 is 7.82 Å². The number of rotatable bonds is 36. The number of carbonyl (C=O) groups excluding carboxylic acids is 2. The van der Waals surface area contributed by atoms with Crippen molar-refractivity contribution in [2.75, 3.05) is 26.4 Å². The summed E-state index contributed by atoms with van der Waals surface area (Å²) in [5.74, 6) is -0.880. The summed E-state index contributed by atoms with van der Waals surface area (Å²) < 4.78 is 32.0. The van der Waals surface area contributed by atoms with E-state index in [9.17, 15) is 19.0 Å². The lowest BCUT2D eigenvalue weighted by Gasteiger charge is -2.19. The van der Waals surface area contributed by atoms with Crippen LogP contribution in [0.3, 0.4) is 0 Å². The van der Waals surface area contributed by atoms with Crippen molar-refractivity contribution in [2.24, 2.45) is 5.73 Å². The maximum absolute atomic E-state index is 12.3. The van der Waals surface area contributed by atoms with E-state index in [1.807, 2.05) is 6.92 Å². The molecular formula is C36H72NO8P. The quantitative estimate of drug-likeness (QED) is 0.0377. The molecule has 2 unspecified atom stereocenters. The summed E-state index contributed by atoms with van der Waals surface area (Å²) in [6.07, 6.45) is 31.8. The standard InChI is InChI=1S/C36H72NO8P/c1-3-5-6-7-8-9-10-11-12-13-14-15-16-17-18-19-20-21-22-23-24-25-26-27-29-36(39)45-34(32-42-35(38)28-4-2)33-44-46(40,41)43-31-30-37/h34H,3-33,37H2,1-2H3,(H,40,41). The minimum atomic E-state index is -4.34. The van der Waals surface area contributed by atoms with Gasteiger partial charge < -0.3 is 20.1 Å². The molecule has 0 saturated heterocycles. The van der Waals surface area contributed by atoms with Crippen LogP contribution in [0.4, 0.5) is 0 Å². The molecule has 2 atom stereocenters. The largest absolute Gasteiger partial charge is 0.472 e. The van der Waals surface area contributed by atoms with Gasteiger partial charge in [0.2, 0.25) is 0 Å². The molecular weight excluding hydrogens is 605 g/mol.